The van der Waals surface area contributed by atoms with Gasteiger partial charge in [-0.2, -0.15) is 0 Å². The molecule has 1 amide bonds. The van der Waals surface area contributed by atoms with E-state index in [4.69, 9.17) is 9.47 Å². The Kier molecular flexibility index (Phi) is 4.00. The fourth-order valence-corrected chi connectivity index (χ4v) is 3.44. The highest BCUT2D eigenvalue weighted by Gasteiger charge is 2.40. The molecule has 1 aromatic carbocycles. The molecule has 2 heterocycles. The molecule has 0 spiro atoms. The van der Waals surface area contributed by atoms with Crippen LogP contribution in [0.1, 0.15) is 24.5 Å². The molecule has 22 heavy (non-hydrogen) atoms. The van der Waals surface area contributed by atoms with E-state index in [1.54, 1.807) is 14.2 Å². The topological polar surface area (TPSA) is 50.8 Å². The van der Waals surface area contributed by atoms with Crippen molar-refractivity contribution < 1.29 is 14.3 Å². The van der Waals surface area contributed by atoms with Gasteiger partial charge in [-0.3, -0.25) is 4.79 Å². The van der Waals surface area contributed by atoms with E-state index in [-0.39, 0.29) is 11.3 Å². The molecule has 3 rings (SSSR count). The maximum Gasteiger partial charge on any atom is 0.230 e. The zero-order valence-electron chi connectivity index (χ0n) is 13.6. The highest BCUT2D eigenvalue weighted by Crippen LogP contribution is 2.35. The highest BCUT2D eigenvalue weighted by atomic mass is 16.5. The lowest BCUT2D eigenvalue weighted by Crippen LogP contribution is -2.45. The minimum absolute atomic E-state index is 0.256. The molecule has 0 saturated carbocycles. The Labute approximate surface area is 131 Å². The molecular weight excluding hydrogens is 280 g/mol. The monoisotopic (exact) mass is 304 g/mol. The van der Waals surface area contributed by atoms with Crippen LogP contribution in [0.25, 0.3) is 0 Å². The van der Waals surface area contributed by atoms with Gasteiger partial charge in [-0.1, -0.05) is 0 Å². The van der Waals surface area contributed by atoms with Gasteiger partial charge in [-0.05, 0) is 49.6 Å². The number of carbonyl (C=O) groups is 1. The lowest BCUT2D eigenvalue weighted by Gasteiger charge is -2.35. The average Bonchev–Trinajstić information content (AvgIpc) is 3.00. The van der Waals surface area contributed by atoms with Gasteiger partial charge in [0.2, 0.25) is 5.91 Å². The quantitative estimate of drug-likeness (QED) is 0.921. The van der Waals surface area contributed by atoms with Crippen molar-refractivity contribution in [1.82, 2.24) is 10.2 Å². The Bertz CT molecular complexity index is 580. The van der Waals surface area contributed by atoms with Crippen LogP contribution >= 0.6 is 0 Å². The second kappa shape index (κ2) is 5.80. The number of nitrogens with zero attached hydrogens (tertiary/aromatic N) is 1. The first-order valence-corrected chi connectivity index (χ1v) is 7.81. The van der Waals surface area contributed by atoms with Gasteiger partial charge in [-0.25, -0.2) is 0 Å². The van der Waals surface area contributed by atoms with Crippen LogP contribution in [0.5, 0.6) is 11.5 Å². The normalized spacial score (nSPS) is 24.0. The summed E-state index contributed by atoms with van der Waals surface area (Å²) in [5, 5.41) is 3.30. The Hall–Kier alpha value is -1.75. The summed E-state index contributed by atoms with van der Waals surface area (Å²) >= 11 is 0. The molecule has 0 bridgehead atoms. The first-order valence-electron chi connectivity index (χ1n) is 7.81. The number of rotatable bonds is 3. The fraction of sp³-hybridized carbons (Fsp3) is 0.588. The molecule has 120 valence electrons. The summed E-state index contributed by atoms with van der Waals surface area (Å²) in [6, 6.07) is 4.04. The molecule has 1 aromatic rings. The molecule has 0 unspecified atom stereocenters. The SMILES string of the molecule is COc1cc2c(cc1OC)CN(C(=O)[C@]1(C)CCNC1)CC2. The van der Waals surface area contributed by atoms with Crippen molar-refractivity contribution in [2.24, 2.45) is 5.41 Å². The van der Waals surface area contributed by atoms with Gasteiger partial charge in [0.1, 0.15) is 0 Å². The molecular formula is C17H24N2O3. The summed E-state index contributed by atoms with van der Waals surface area (Å²) in [6.45, 7) is 5.21. The smallest absolute Gasteiger partial charge is 0.230 e. The Morgan fingerprint density at radius 2 is 1.91 bits per heavy atom. The number of benzene rings is 1. The number of methoxy groups -OCH3 is 2. The third kappa shape index (κ3) is 2.54. The summed E-state index contributed by atoms with van der Waals surface area (Å²) < 4.78 is 10.7. The third-order valence-corrected chi connectivity index (χ3v) is 4.89. The largest absolute Gasteiger partial charge is 0.493 e. The van der Waals surface area contributed by atoms with E-state index in [9.17, 15) is 4.79 Å². The minimum atomic E-state index is -0.256. The first kappa shape index (κ1) is 15.2. The van der Waals surface area contributed by atoms with Gasteiger partial charge in [-0.15, -0.1) is 0 Å². The Morgan fingerprint density at radius 1 is 1.23 bits per heavy atom. The van der Waals surface area contributed by atoms with Crippen molar-refractivity contribution in [2.45, 2.75) is 26.3 Å². The van der Waals surface area contributed by atoms with Crippen molar-refractivity contribution in [3.63, 3.8) is 0 Å². The van der Waals surface area contributed by atoms with Crippen molar-refractivity contribution in [3.8, 4) is 11.5 Å². The number of carbonyl (C=O) groups excluding carboxylic acids is 1. The number of hydrogen-bond donors (Lipinski definition) is 1. The second-order valence-electron chi connectivity index (χ2n) is 6.44. The van der Waals surface area contributed by atoms with E-state index in [2.05, 4.69) is 12.2 Å². The molecule has 1 N–H and O–H groups in total. The molecule has 2 aliphatic rings. The number of ether oxygens (including phenoxy) is 2. The van der Waals surface area contributed by atoms with Gasteiger partial charge in [0.15, 0.2) is 11.5 Å². The second-order valence-corrected chi connectivity index (χ2v) is 6.44. The van der Waals surface area contributed by atoms with Gasteiger partial charge < -0.3 is 19.7 Å². The third-order valence-electron chi connectivity index (χ3n) is 4.89. The zero-order chi connectivity index (χ0) is 15.7. The Morgan fingerprint density at radius 3 is 2.50 bits per heavy atom. The van der Waals surface area contributed by atoms with Crippen molar-refractivity contribution in [2.75, 3.05) is 33.9 Å². The molecule has 1 saturated heterocycles. The number of fused-ring (bicyclic) bond motifs is 1. The van der Waals surface area contributed by atoms with Crippen LogP contribution < -0.4 is 14.8 Å². The van der Waals surface area contributed by atoms with Gasteiger partial charge in [0.05, 0.1) is 19.6 Å². The lowest BCUT2D eigenvalue weighted by molar-refractivity contribution is -0.141. The molecule has 2 aliphatic heterocycles. The zero-order valence-corrected chi connectivity index (χ0v) is 13.6. The molecule has 0 aliphatic carbocycles. The van der Waals surface area contributed by atoms with Gasteiger partial charge >= 0.3 is 0 Å². The highest BCUT2D eigenvalue weighted by molar-refractivity contribution is 5.83. The summed E-state index contributed by atoms with van der Waals surface area (Å²) in [7, 11) is 3.29. The van der Waals surface area contributed by atoms with Crippen molar-refractivity contribution in [3.05, 3.63) is 23.3 Å². The van der Waals surface area contributed by atoms with E-state index in [1.165, 1.54) is 5.56 Å². The van der Waals surface area contributed by atoms with Crippen LogP contribution in [0, 0.1) is 5.41 Å². The van der Waals surface area contributed by atoms with Crippen LogP contribution in [0.2, 0.25) is 0 Å². The van der Waals surface area contributed by atoms with Crippen LogP contribution in [0.15, 0.2) is 12.1 Å². The Balaban J connectivity index is 1.83. The summed E-state index contributed by atoms with van der Waals surface area (Å²) in [6.07, 6.45) is 1.78. The standard InChI is InChI=1S/C17H24N2O3/c1-17(5-6-18-11-17)16(20)19-7-4-12-8-14(21-2)15(22-3)9-13(12)10-19/h8-9,18H,4-7,10-11H2,1-3H3/t17-/m1/s1. The number of amides is 1. The molecule has 1 fully saturated rings. The lowest BCUT2D eigenvalue weighted by atomic mass is 9.87. The summed E-state index contributed by atoms with van der Waals surface area (Å²) in [5.41, 5.74) is 2.15. The number of hydrogen-bond acceptors (Lipinski definition) is 4. The summed E-state index contributed by atoms with van der Waals surface area (Å²) in [5.74, 6) is 1.75. The van der Waals surface area contributed by atoms with Crippen LogP contribution in [0.4, 0.5) is 0 Å². The molecule has 0 aromatic heterocycles. The van der Waals surface area contributed by atoms with E-state index >= 15 is 0 Å². The molecule has 5 nitrogen and oxygen atoms in total. The predicted octanol–water partition coefficient (Wildman–Crippen LogP) is 1.59. The number of nitrogens with one attached hydrogen (secondary N) is 1. The average molecular weight is 304 g/mol. The van der Waals surface area contributed by atoms with Gasteiger partial charge in [0.25, 0.3) is 0 Å². The van der Waals surface area contributed by atoms with E-state index in [1.807, 2.05) is 17.0 Å². The van der Waals surface area contributed by atoms with E-state index < -0.39 is 0 Å². The van der Waals surface area contributed by atoms with E-state index in [0.717, 1.165) is 49.5 Å². The van der Waals surface area contributed by atoms with Crippen molar-refractivity contribution >= 4 is 5.91 Å². The van der Waals surface area contributed by atoms with Crippen LogP contribution in [-0.2, 0) is 17.8 Å². The maximum absolute atomic E-state index is 12.8. The minimum Gasteiger partial charge on any atom is -0.493 e. The molecule has 1 atom stereocenters. The maximum atomic E-state index is 12.8. The van der Waals surface area contributed by atoms with E-state index in [0.29, 0.717) is 6.54 Å². The fourth-order valence-electron chi connectivity index (χ4n) is 3.44. The first-order chi connectivity index (χ1) is 10.6. The van der Waals surface area contributed by atoms with Crippen LogP contribution in [0.3, 0.4) is 0 Å². The van der Waals surface area contributed by atoms with Gasteiger partial charge in [0, 0.05) is 19.6 Å². The van der Waals surface area contributed by atoms with Crippen LogP contribution in [-0.4, -0.2) is 44.7 Å². The summed E-state index contributed by atoms with van der Waals surface area (Å²) in [4.78, 5) is 14.8. The van der Waals surface area contributed by atoms with Crippen molar-refractivity contribution in [1.29, 1.82) is 0 Å². The predicted molar refractivity (Wildman–Crippen MR) is 84.3 cm³/mol. The molecule has 0 radical (unpaired) electrons. The molecule has 5 heteroatoms.